The van der Waals surface area contributed by atoms with Crippen LogP contribution in [0.2, 0.25) is 5.02 Å². The van der Waals surface area contributed by atoms with Crippen molar-refractivity contribution in [2.75, 3.05) is 17.3 Å². The van der Waals surface area contributed by atoms with Gasteiger partial charge in [0, 0.05) is 11.8 Å². The Morgan fingerprint density at radius 2 is 2.33 bits per heavy atom. The Morgan fingerprint density at radius 3 is 2.95 bits per heavy atom. The molecule has 0 aromatic carbocycles. The molecule has 0 unspecified atom stereocenters. The zero-order valence-electron chi connectivity index (χ0n) is 11.5. The maximum absolute atomic E-state index is 12.2. The molecule has 1 aromatic rings. The van der Waals surface area contributed by atoms with Gasteiger partial charge in [0.1, 0.15) is 0 Å². The summed E-state index contributed by atoms with van der Waals surface area (Å²) in [4.78, 5) is 20.4. The third kappa shape index (κ3) is 4.55. The Labute approximate surface area is 133 Å². The molecule has 1 aliphatic rings. The van der Waals surface area contributed by atoms with E-state index in [2.05, 4.69) is 15.3 Å². The first kappa shape index (κ1) is 16.5. The van der Waals surface area contributed by atoms with Crippen molar-refractivity contribution in [3.8, 4) is 0 Å². The highest BCUT2D eigenvalue weighted by Crippen LogP contribution is 2.19. The second-order valence-corrected chi connectivity index (χ2v) is 8.47. The fourth-order valence-corrected chi connectivity index (χ4v) is 4.46. The average molecular weight is 350 g/mol. The molecule has 116 valence electrons. The number of nitrogens with one attached hydrogen (secondary N) is 1. The van der Waals surface area contributed by atoms with Crippen molar-refractivity contribution < 1.29 is 13.2 Å². The molecule has 0 saturated carbocycles. The quantitative estimate of drug-likeness (QED) is 0.640. The van der Waals surface area contributed by atoms with Crippen LogP contribution in [0.15, 0.2) is 11.4 Å². The van der Waals surface area contributed by atoms with Gasteiger partial charge in [-0.25, -0.2) is 18.4 Å². The van der Waals surface area contributed by atoms with Gasteiger partial charge < -0.3 is 5.32 Å². The number of sulfone groups is 1. The highest BCUT2D eigenvalue weighted by Gasteiger charge is 2.30. The number of amides is 1. The van der Waals surface area contributed by atoms with E-state index in [-0.39, 0.29) is 28.3 Å². The molecule has 1 aromatic heterocycles. The molecule has 0 bridgehead atoms. The van der Waals surface area contributed by atoms with E-state index in [1.165, 1.54) is 18.0 Å². The standard InChI is InChI=1S/C12H16ClN3O3S2/c1-2-4-20-12-14-6-9(13)10(16-12)11(17)15-8-3-5-21(18,19)7-8/h6,8H,2-5,7H2,1H3,(H,15,17)/t8-/m0/s1. The molecule has 1 saturated heterocycles. The lowest BCUT2D eigenvalue weighted by atomic mass is 10.2. The molecule has 0 radical (unpaired) electrons. The minimum Gasteiger partial charge on any atom is -0.347 e. The molecule has 2 rings (SSSR count). The normalized spacial score (nSPS) is 20.4. The van der Waals surface area contributed by atoms with Crippen molar-refractivity contribution in [2.24, 2.45) is 0 Å². The van der Waals surface area contributed by atoms with E-state index in [1.807, 2.05) is 6.92 Å². The summed E-state index contributed by atoms with van der Waals surface area (Å²) in [5.41, 5.74) is 0.0922. The number of hydrogen-bond donors (Lipinski definition) is 1. The molecule has 1 N–H and O–H groups in total. The summed E-state index contributed by atoms with van der Waals surface area (Å²) in [7, 11) is -3.04. The van der Waals surface area contributed by atoms with Gasteiger partial charge in [-0.2, -0.15) is 0 Å². The molecule has 1 fully saturated rings. The summed E-state index contributed by atoms with van der Waals surface area (Å²) in [6.07, 6.45) is 2.79. The third-order valence-electron chi connectivity index (χ3n) is 2.94. The van der Waals surface area contributed by atoms with Gasteiger partial charge in [-0.3, -0.25) is 4.79 Å². The fourth-order valence-electron chi connectivity index (χ4n) is 1.94. The van der Waals surface area contributed by atoms with Gasteiger partial charge in [-0.05, 0) is 12.8 Å². The van der Waals surface area contributed by atoms with Crippen molar-refractivity contribution in [1.29, 1.82) is 0 Å². The van der Waals surface area contributed by atoms with Crippen LogP contribution in [0.3, 0.4) is 0 Å². The van der Waals surface area contributed by atoms with Gasteiger partial charge in [-0.1, -0.05) is 30.3 Å². The maximum Gasteiger partial charge on any atom is 0.271 e. The molecule has 9 heteroatoms. The first-order valence-electron chi connectivity index (χ1n) is 6.58. The van der Waals surface area contributed by atoms with E-state index in [0.717, 1.165) is 12.2 Å². The number of rotatable bonds is 5. The zero-order chi connectivity index (χ0) is 15.5. The highest BCUT2D eigenvalue weighted by atomic mass is 35.5. The summed E-state index contributed by atoms with van der Waals surface area (Å²) in [5.74, 6) is 0.470. The SMILES string of the molecule is CCCSc1ncc(Cl)c(C(=O)N[C@H]2CCS(=O)(=O)C2)n1. The van der Waals surface area contributed by atoms with Crippen molar-refractivity contribution >= 4 is 39.1 Å². The predicted molar refractivity (Wildman–Crippen MR) is 82.6 cm³/mol. The summed E-state index contributed by atoms with van der Waals surface area (Å²) >= 11 is 7.40. The van der Waals surface area contributed by atoms with Gasteiger partial charge in [0.2, 0.25) is 0 Å². The van der Waals surface area contributed by atoms with Crippen LogP contribution in [-0.4, -0.2) is 47.6 Å². The van der Waals surface area contributed by atoms with Gasteiger partial charge in [0.15, 0.2) is 20.7 Å². The topological polar surface area (TPSA) is 89.0 Å². The van der Waals surface area contributed by atoms with Crippen LogP contribution in [-0.2, 0) is 9.84 Å². The molecule has 6 nitrogen and oxygen atoms in total. The third-order valence-corrected chi connectivity index (χ3v) is 6.05. The molecule has 1 atom stereocenters. The second kappa shape index (κ2) is 6.93. The van der Waals surface area contributed by atoms with Crippen LogP contribution in [0.25, 0.3) is 0 Å². The smallest absolute Gasteiger partial charge is 0.271 e. The summed E-state index contributed by atoms with van der Waals surface area (Å²) in [6.45, 7) is 2.04. The predicted octanol–water partition coefficient (Wildman–Crippen LogP) is 1.55. The molecule has 1 amide bonds. The lowest BCUT2D eigenvalue weighted by molar-refractivity contribution is 0.0935. The molecule has 21 heavy (non-hydrogen) atoms. The summed E-state index contributed by atoms with van der Waals surface area (Å²) < 4.78 is 22.8. The van der Waals surface area contributed by atoms with Crippen LogP contribution < -0.4 is 5.32 Å². The van der Waals surface area contributed by atoms with Gasteiger partial charge in [0.25, 0.3) is 5.91 Å². The minimum absolute atomic E-state index is 0.0289. The van der Waals surface area contributed by atoms with E-state index in [9.17, 15) is 13.2 Å². The van der Waals surface area contributed by atoms with E-state index in [0.29, 0.717) is 11.6 Å². The number of aromatic nitrogens is 2. The van der Waals surface area contributed by atoms with Gasteiger partial charge in [0.05, 0.1) is 22.7 Å². The van der Waals surface area contributed by atoms with Crippen LogP contribution in [0.4, 0.5) is 0 Å². The highest BCUT2D eigenvalue weighted by molar-refractivity contribution is 7.99. The van der Waals surface area contributed by atoms with Crippen molar-refractivity contribution in [1.82, 2.24) is 15.3 Å². The van der Waals surface area contributed by atoms with E-state index >= 15 is 0 Å². The van der Waals surface area contributed by atoms with Crippen molar-refractivity contribution in [2.45, 2.75) is 31.0 Å². The van der Waals surface area contributed by atoms with E-state index < -0.39 is 15.7 Å². The number of carbonyl (C=O) groups excluding carboxylic acids is 1. The average Bonchev–Trinajstić information content (AvgIpc) is 2.76. The number of hydrogen-bond acceptors (Lipinski definition) is 6. The lowest BCUT2D eigenvalue weighted by Crippen LogP contribution is -2.36. The van der Waals surface area contributed by atoms with Crippen LogP contribution in [0.5, 0.6) is 0 Å². The Morgan fingerprint density at radius 1 is 1.57 bits per heavy atom. The number of halogens is 1. The number of nitrogens with zero attached hydrogens (tertiary/aromatic N) is 2. The van der Waals surface area contributed by atoms with Crippen LogP contribution in [0.1, 0.15) is 30.3 Å². The van der Waals surface area contributed by atoms with E-state index in [1.54, 1.807) is 0 Å². The Hall–Kier alpha value is -0.860. The molecular weight excluding hydrogens is 334 g/mol. The second-order valence-electron chi connectivity index (χ2n) is 4.77. The Bertz CT molecular complexity index is 637. The summed E-state index contributed by atoms with van der Waals surface area (Å²) in [5, 5.41) is 3.33. The largest absolute Gasteiger partial charge is 0.347 e. The van der Waals surface area contributed by atoms with Crippen molar-refractivity contribution in [3.63, 3.8) is 0 Å². The zero-order valence-corrected chi connectivity index (χ0v) is 13.9. The lowest BCUT2D eigenvalue weighted by Gasteiger charge is -2.11. The molecule has 0 spiro atoms. The summed E-state index contributed by atoms with van der Waals surface area (Å²) in [6, 6.07) is -0.375. The first-order chi connectivity index (χ1) is 9.91. The van der Waals surface area contributed by atoms with Crippen LogP contribution >= 0.6 is 23.4 Å². The fraction of sp³-hybridized carbons (Fsp3) is 0.583. The monoisotopic (exact) mass is 349 g/mol. The van der Waals surface area contributed by atoms with Crippen LogP contribution in [0, 0.1) is 0 Å². The molecule has 0 aliphatic carbocycles. The maximum atomic E-state index is 12.2. The van der Waals surface area contributed by atoms with Gasteiger partial charge >= 0.3 is 0 Å². The van der Waals surface area contributed by atoms with Crippen molar-refractivity contribution in [3.05, 3.63) is 16.9 Å². The molecule has 1 aliphatic heterocycles. The Balaban J connectivity index is 2.08. The first-order valence-corrected chi connectivity index (χ1v) is 9.76. The van der Waals surface area contributed by atoms with E-state index in [4.69, 9.17) is 11.6 Å². The van der Waals surface area contributed by atoms with Gasteiger partial charge in [-0.15, -0.1) is 0 Å². The number of thioether (sulfide) groups is 1. The molecular formula is C12H16ClN3O3S2. The minimum atomic E-state index is -3.04. The Kier molecular flexibility index (Phi) is 5.45. The molecule has 2 heterocycles. The number of carbonyl (C=O) groups is 1.